The maximum atomic E-state index is 10.3. The molecule has 7 nitrogen and oxygen atoms in total. The van der Waals surface area contributed by atoms with Gasteiger partial charge in [-0.2, -0.15) is 0 Å². The van der Waals surface area contributed by atoms with E-state index in [1.54, 1.807) is 0 Å². The van der Waals surface area contributed by atoms with E-state index in [-0.39, 0.29) is 0 Å². The van der Waals surface area contributed by atoms with E-state index in [2.05, 4.69) is 4.74 Å². The molecule has 0 bridgehead atoms. The maximum Gasteiger partial charge on any atom is 0.338 e. The van der Waals surface area contributed by atoms with E-state index in [4.69, 9.17) is 20.4 Å². The SMILES string of the molecule is O=C(O)C(O)C1(O)OCC(O)C1O. The summed E-state index contributed by atoms with van der Waals surface area (Å²) in [6.45, 7) is -0.429. The molecular weight excluding hydrogens is 184 g/mol. The molecule has 7 heteroatoms. The summed E-state index contributed by atoms with van der Waals surface area (Å²) in [4.78, 5) is 10.3. The Kier molecular flexibility index (Phi) is 2.55. The van der Waals surface area contributed by atoms with Crippen LogP contribution in [0.1, 0.15) is 0 Å². The van der Waals surface area contributed by atoms with Gasteiger partial charge in [-0.3, -0.25) is 0 Å². The molecule has 1 fully saturated rings. The zero-order valence-electron chi connectivity index (χ0n) is 6.49. The molecule has 0 spiro atoms. The van der Waals surface area contributed by atoms with Crippen LogP contribution in [-0.4, -0.2) is 62.2 Å². The Morgan fingerprint density at radius 3 is 2.38 bits per heavy atom. The fraction of sp³-hybridized carbons (Fsp3) is 0.833. The number of carbonyl (C=O) groups is 1. The lowest BCUT2D eigenvalue weighted by atomic mass is 10.0. The first-order chi connectivity index (χ1) is 5.89. The third kappa shape index (κ3) is 1.52. The van der Waals surface area contributed by atoms with Crippen LogP contribution in [0.3, 0.4) is 0 Å². The second-order valence-corrected chi connectivity index (χ2v) is 2.82. The molecule has 5 N–H and O–H groups in total. The molecule has 0 amide bonds. The van der Waals surface area contributed by atoms with Crippen molar-refractivity contribution in [2.24, 2.45) is 0 Å². The topological polar surface area (TPSA) is 127 Å². The minimum absolute atomic E-state index is 0.429. The van der Waals surface area contributed by atoms with Crippen LogP contribution < -0.4 is 0 Å². The minimum atomic E-state index is -2.63. The lowest BCUT2D eigenvalue weighted by Gasteiger charge is -2.27. The van der Waals surface area contributed by atoms with E-state index in [1.165, 1.54) is 0 Å². The molecule has 76 valence electrons. The Morgan fingerprint density at radius 2 is 2.08 bits per heavy atom. The smallest absolute Gasteiger partial charge is 0.338 e. The van der Waals surface area contributed by atoms with Crippen molar-refractivity contribution in [2.75, 3.05) is 6.61 Å². The molecule has 13 heavy (non-hydrogen) atoms. The summed E-state index contributed by atoms with van der Waals surface area (Å²) in [5, 5.41) is 44.6. The quantitative estimate of drug-likeness (QED) is 0.314. The fourth-order valence-corrected chi connectivity index (χ4v) is 1.09. The molecule has 4 unspecified atom stereocenters. The average Bonchev–Trinajstić information content (AvgIpc) is 2.33. The highest BCUT2D eigenvalue weighted by Gasteiger charge is 2.55. The highest BCUT2D eigenvalue weighted by atomic mass is 16.7. The maximum absolute atomic E-state index is 10.3. The number of aliphatic hydroxyl groups excluding tert-OH is 3. The molecule has 0 aromatic rings. The van der Waals surface area contributed by atoms with Crippen LogP contribution in [0.25, 0.3) is 0 Å². The van der Waals surface area contributed by atoms with Crippen LogP contribution in [0.2, 0.25) is 0 Å². The summed E-state index contributed by atoms with van der Waals surface area (Å²) in [5.41, 5.74) is 0. The second-order valence-electron chi connectivity index (χ2n) is 2.82. The van der Waals surface area contributed by atoms with E-state index >= 15 is 0 Å². The molecule has 1 aliphatic rings. The Labute approximate surface area is 72.8 Å². The molecule has 4 atom stereocenters. The van der Waals surface area contributed by atoms with Crippen molar-refractivity contribution >= 4 is 5.97 Å². The molecule has 1 aliphatic heterocycles. The van der Waals surface area contributed by atoms with E-state index < -0.39 is 36.7 Å². The van der Waals surface area contributed by atoms with Crippen LogP contribution in [0.5, 0.6) is 0 Å². The number of aliphatic hydroxyl groups is 4. The van der Waals surface area contributed by atoms with Crippen molar-refractivity contribution < 1.29 is 35.1 Å². The van der Waals surface area contributed by atoms with E-state index in [0.717, 1.165) is 0 Å². The van der Waals surface area contributed by atoms with Crippen molar-refractivity contribution in [1.29, 1.82) is 0 Å². The van der Waals surface area contributed by atoms with Gasteiger partial charge < -0.3 is 30.3 Å². The summed E-state index contributed by atoms with van der Waals surface area (Å²) >= 11 is 0. The van der Waals surface area contributed by atoms with Gasteiger partial charge in [0.1, 0.15) is 12.2 Å². The van der Waals surface area contributed by atoms with Gasteiger partial charge in [0.2, 0.25) is 11.9 Å². The van der Waals surface area contributed by atoms with Crippen LogP contribution in [0, 0.1) is 0 Å². The Bertz CT molecular complexity index is 217. The van der Waals surface area contributed by atoms with Gasteiger partial charge in [-0.25, -0.2) is 4.79 Å². The zero-order chi connectivity index (χ0) is 10.2. The monoisotopic (exact) mass is 194 g/mol. The van der Waals surface area contributed by atoms with E-state index in [9.17, 15) is 9.90 Å². The van der Waals surface area contributed by atoms with Crippen LogP contribution in [-0.2, 0) is 9.53 Å². The number of ether oxygens (including phenoxy) is 1. The molecule has 0 aromatic heterocycles. The fourth-order valence-electron chi connectivity index (χ4n) is 1.09. The van der Waals surface area contributed by atoms with Crippen LogP contribution >= 0.6 is 0 Å². The molecular formula is C6H10O7. The molecule has 0 radical (unpaired) electrons. The number of carboxylic acid groups (broad SMARTS) is 1. The van der Waals surface area contributed by atoms with Gasteiger partial charge in [-0.15, -0.1) is 0 Å². The van der Waals surface area contributed by atoms with Gasteiger partial charge in [0, 0.05) is 0 Å². The predicted molar refractivity (Wildman–Crippen MR) is 36.6 cm³/mol. The number of rotatable bonds is 2. The van der Waals surface area contributed by atoms with Gasteiger partial charge in [-0.1, -0.05) is 0 Å². The highest BCUT2D eigenvalue weighted by molar-refractivity contribution is 5.73. The Balaban J connectivity index is 2.82. The molecule has 0 saturated carbocycles. The highest BCUT2D eigenvalue weighted by Crippen LogP contribution is 2.27. The first kappa shape index (κ1) is 10.4. The summed E-state index contributed by atoms with van der Waals surface area (Å²) in [5.74, 6) is -4.37. The van der Waals surface area contributed by atoms with Crippen molar-refractivity contribution in [3.8, 4) is 0 Å². The Hall–Kier alpha value is -0.730. The molecule has 1 rings (SSSR count). The summed E-state index contributed by atoms with van der Waals surface area (Å²) < 4.78 is 4.41. The standard InChI is InChI=1S/C6H10O7/c7-2-1-13-6(12,3(2)8)4(9)5(10)11/h2-4,7-9,12H,1H2,(H,10,11). The molecule has 1 saturated heterocycles. The van der Waals surface area contributed by atoms with E-state index in [1.807, 2.05) is 0 Å². The number of carboxylic acids is 1. The molecule has 0 aliphatic carbocycles. The van der Waals surface area contributed by atoms with Crippen molar-refractivity contribution in [2.45, 2.75) is 24.1 Å². The first-order valence-corrected chi connectivity index (χ1v) is 3.53. The van der Waals surface area contributed by atoms with Gasteiger partial charge in [0.15, 0.2) is 0 Å². The average molecular weight is 194 g/mol. The second kappa shape index (κ2) is 3.20. The van der Waals surface area contributed by atoms with Crippen LogP contribution in [0.15, 0.2) is 0 Å². The van der Waals surface area contributed by atoms with Gasteiger partial charge in [0.25, 0.3) is 0 Å². The van der Waals surface area contributed by atoms with Crippen molar-refractivity contribution in [3.63, 3.8) is 0 Å². The third-order valence-electron chi connectivity index (χ3n) is 1.90. The predicted octanol–water partition coefficient (Wildman–Crippen LogP) is -3.13. The van der Waals surface area contributed by atoms with Crippen molar-refractivity contribution in [3.05, 3.63) is 0 Å². The number of hydrogen-bond acceptors (Lipinski definition) is 6. The minimum Gasteiger partial charge on any atom is -0.479 e. The first-order valence-electron chi connectivity index (χ1n) is 3.53. The Morgan fingerprint density at radius 1 is 1.54 bits per heavy atom. The van der Waals surface area contributed by atoms with Crippen molar-refractivity contribution in [1.82, 2.24) is 0 Å². The van der Waals surface area contributed by atoms with Gasteiger partial charge >= 0.3 is 5.97 Å². The summed E-state index contributed by atoms with van der Waals surface area (Å²) in [6.07, 6.45) is -5.53. The third-order valence-corrected chi connectivity index (χ3v) is 1.90. The zero-order valence-corrected chi connectivity index (χ0v) is 6.49. The lowest BCUT2D eigenvalue weighted by molar-refractivity contribution is -0.265. The molecule has 0 aromatic carbocycles. The normalized spacial score (nSPS) is 41.8. The molecule has 1 heterocycles. The van der Waals surface area contributed by atoms with Crippen LogP contribution in [0.4, 0.5) is 0 Å². The van der Waals surface area contributed by atoms with Gasteiger partial charge in [-0.05, 0) is 0 Å². The van der Waals surface area contributed by atoms with Gasteiger partial charge in [0.05, 0.1) is 6.61 Å². The lowest BCUT2D eigenvalue weighted by Crippen LogP contribution is -2.55. The number of aliphatic carboxylic acids is 1. The number of hydrogen-bond donors (Lipinski definition) is 5. The summed E-state index contributed by atoms with van der Waals surface area (Å²) in [7, 11) is 0. The van der Waals surface area contributed by atoms with E-state index in [0.29, 0.717) is 0 Å². The largest absolute Gasteiger partial charge is 0.479 e. The summed E-state index contributed by atoms with van der Waals surface area (Å²) in [6, 6.07) is 0.